The van der Waals surface area contributed by atoms with Gasteiger partial charge in [-0.15, -0.1) is 0 Å². The summed E-state index contributed by atoms with van der Waals surface area (Å²) >= 11 is 6.28. The molecule has 2 N–H and O–H groups in total. The first kappa shape index (κ1) is 21.4. The first-order chi connectivity index (χ1) is 14.4. The summed E-state index contributed by atoms with van der Waals surface area (Å²) in [5, 5.41) is 0. The number of carbonyl (C=O) groups is 3. The molecule has 0 unspecified atom stereocenters. The summed E-state index contributed by atoms with van der Waals surface area (Å²) in [6.45, 7) is -0.339. The maximum atomic E-state index is 12.9. The van der Waals surface area contributed by atoms with E-state index in [4.69, 9.17) is 12.2 Å². The van der Waals surface area contributed by atoms with E-state index in [0.717, 1.165) is 34.4 Å². The molecule has 1 heterocycles. The van der Waals surface area contributed by atoms with Crippen molar-refractivity contribution in [2.45, 2.75) is 0 Å². The molecule has 1 aliphatic heterocycles. The summed E-state index contributed by atoms with van der Waals surface area (Å²) < 4.78 is 13.1. The summed E-state index contributed by atoms with van der Waals surface area (Å²) in [6.07, 6.45) is 5.23. The zero-order valence-electron chi connectivity index (χ0n) is 15.5. The number of hydrogen-bond acceptors (Lipinski definition) is 5. The standard InChI is InChI=1S/C21H16FN3O3S2/c22-16-11-9-15(10-12-16)19(27)24-23-18(26)13-25-20(28)17(30-21(25)29)8-4-7-14-5-2-1-3-6-14/h1-12H,13H2,(H,23,26)(H,24,27). The number of thiocarbonyl (C=S) groups is 1. The molecule has 30 heavy (non-hydrogen) atoms. The molecule has 3 amide bonds. The van der Waals surface area contributed by atoms with Crippen molar-refractivity contribution in [1.82, 2.24) is 15.8 Å². The van der Waals surface area contributed by atoms with Crippen molar-refractivity contribution in [3.8, 4) is 0 Å². The van der Waals surface area contributed by atoms with Crippen molar-refractivity contribution in [2.24, 2.45) is 0 Å². The normalized spacial score (nSPS) is 15.1. The van der Waals surface area contributed by atoms with Gasteiger partial charge in [-0.2, -0.15) is 0 Å². The molecule has 0 spiro atoms. The van der Waals surface area contributed by atoms with Crippen molar-refractivity contribution >= 4 is 52.1 Å². The molecule has 2 aromatic carbocycles. The van der Waals surface area contributed by atoms with Crippen LogP contribution in [0.25, 0.3) is 6.08 Å². The van der Waals surface area contributed by atoms with Crippen LogP contribution in [0.15, 0.2) is 71.7 Å². The third kappa shape index (κ3) is 5.62. The minimum Gasteiger partial charge on any atom is -0.283 e. The molecule has 0 aromatic heterocycles. The number of nitrogens with zero attached hydrogens (tertiary/aromatic N) is 1. The number of thioether (sulfide) groups is 1. The van der Waals surface area contributed by atoms with Crippen LogP contribution in [0.4, 0.5) is 4.39 Å². The van der Waals surface area contributed by atoms with E-state index in [9.17, 15) is 18.8 Å². The SMILES string of the molecule is O=C(CN1C(=O)C(=CC=Cc2ccccc2)SC1=S)NNC(=O)c1ccc(F)cc1. The minimum atomic E-state index is -0.622. The van der Waals surface area contributed by atoms with Crippen LogP contribution in [0.2, 0.25) is 0 Å². The largest absolute Gasteiger partial charge is 0.283 e. The Kier molecular flexibility index (Phi) is 7.10. The number of hydrazine groups is 1. The smallest absolute Gasteiger partial charge is 0.269 e. The molecule has 1 aliphatic rings. The van der Waals surface area contributed by atoms with E-state index in [2.05, 4.69) is 10.9 Å². The predicted octanol–water partition coefficient (Wildman–Crippen LogP) is 3.04. The summed E-state index contributed by atoms with van der Waals surface area (Å²) in [5.41, 5.74) is 5.59. The number of carbonyl (C=O) groups excluding carboxylic acids is 3. The Bertz CT molecular complexity index is 1040. The molecule has 9 heteroatoms. The number of halogens is 1. The average molecular weight is 442 g/mol. The molecule has 6 nitrogen and oxygen atoms in total. The van der Waals surface area contributed by atoms with Gasteiger partial charge >= 0.3 is 0 Å². The molecular formula is C21H16FN3O3S2. The van der Waals surface area contributed by atoms with E-state index in [0.29, 0.717) is 4.91 Å². The van der Waals surface area contributed by atoms with Crippen LogP contribution in [0.5, 0.6) is 0 Å². The van der Waals surface area contributed by atoms with E-state index < -0.39 is 17.6 Å². The monoisotopic (exact) mass is 441 g/mol. The third-order valence-electron chi connectivity index (χ3n) is 3.93. The van der Waals surface area contributed by atoms with E-state index in [1.165, 1.54) is 12.1 Å². The van der Waals surface area contributed by atoms with Gasteiger partial charge in [0.1, 0.15) is 16.7 Å². The van der Waals surface area contributed by atoms with Crippen molar-refractivity contribution in [3.63, 3.8) is 0 Å². The topological polar surface area (TPSA) is 78.5 Å². The first-order valence-electron chi connectivity index (χ1n) is 8.76. The number of amides is 3. The van der Waals surface area contributed by atoms with Crippen molar-refractivity contribution in [2.75, 3.05) is 6.54 Å². The van der Waals surface area contributed by atoms with Gasteiger partial charge in [-0.1, -0.05) is 66.5 Å². The quantitative estimate of drug-likeness (QED) is 0.424. The Hall–Kier alpha value is -3.30. The Morgan fingerprint density at radius 1 is 1.07 bits per heavy atom. The molecule has 0 atom stereocenters. The first-order valence-corrected chi connectivity index (χ1v) is 9.98. The van der Waals surface area contributed by atoms with E-state index in [-0.39, 0.29) is 22.3 Å². The molecule has 2 aromatic rings. The lowest BCUT2D eigenvalue weighted by Gasteiger charge is -2.14. The van der Waals surface area contributed by atoms with Gasteiger partial charge in [-0.3, -0.25) is 30.1 Å². The van der Waals surface area contributed by atoms with E-state index in [1.807, 2.05) is 36.4 Å². The van der Waals surface area contributed by atoms with Gasteiger partial charge in [0.05, 0.1) is 4.91 Å². The highest BCUT2D eigenvalue weighted by atomic mass is 32.2. The number of nitrogens with one attached hydrogen (secondary N) is 2. The Morgan fingerprint density at radius 3 is 2.47 bits per heavy atom. The second-order valence-electron chi connectivity index (χ2n) is 6.07. The maximum absolute atomic E-state index is 12.9. The number of allylic oxidation sites excluding steroid dienone is 2. The van der Waals surface area contributed by atoms with Crippen LogP contribution < -0.4 is 10.9 Å². The Morgan fingerprint density at radius 2 is 1.77 bits per heavy atom. The van der Waals surface area contributed by atoms with Gasteiger partial charge < -0.3 is 0 Å². The fraction of sp³-hybridized carbons (Fsp3) is 0.0476. The summed E-state index contributed by atoms with van der Waals surface area (Å²) in [7, 11) is 0. The van der Waals surface area contributed by atoms with Crippen LogP contribution in [0, 0.1) is 5.82 Å². The van der Waals surface area contributed by atoms with Gasteiger partial charge in [0.2, 0.25) is 0 Å². The molecule has 0 aliphatic carbocycles. The lowest BCUT2D eigenvalue weighted by Crippen LogP contribution is -2.47. The molecule has 0 saturated carbocycles. The summed E-state index contributed by atoms with van der Waals surface area (Å²) in [5.74, 6) is -2.10. The lowest BCUT2D eigenvalue weighted by atomic mass is 10.2. The molecule has 152 valence electrons. The molecule has 3 rings (SSSR count). The van der Waals surface area contributed by atoms with Crippen LogP contribution in [0.1, 0.15) is 15.9 Å². The number of rotatable bonds is 5. The zero-order valence-corrected chi connectivity index (χ0v) is 17.1. The van der Waals surface area contributed by atoms with E-state index >= 15 is 0 Å². The van der Waals surface area contributed by atoms with Gasteiger partial charge in [0.15, 0.2) is 0 Å². The third-order valence-corrected chi connectivity index (χ3v) is 5.33. The fourth-order valence-corrected chi connectivity index (χ4v) is 3.65. The minimum absolute atomic E-state index is 0.176. The highest BCUT2D eigenvalue weighted by molar-refractivity contribution is 8.26. The second kappa shape index (κ2) is 9.95. The van der Waals surface area contributed by atoms with Crippen LogP contribution in [-0.4, -0.2) is 33.5 Å². The number of hydrogen-bond donors (Lipinski definition) is 2. The van der Waals surface area contributed by atoms with Gasteiger partial charge in [-0.25, -0.2) is 4.39 Å². The van der Waals surface area contributed by atoms with Crippen LogP contribution in [0.3, 0.4) is 0 Å². The van der Waals surface area contributed by atoms with Crippen LogP contribution in [-0.2, 0) is 9.59 Å². The Labute approximate surface area is 181 Å². The average Bonchev–Trinajstić information content (AvgIpc) is 3.01. The van der Waals surface area contributed by atoms with Gasteiger partial charge in [-0.05, 0) is 35.9 Å². The second-order valence-corrected chi connectivity index (χ2v) is 7.74. The Balaban J connectivity index is 1.53. The lowest BCUT2D eigenvalue weighted by molar-refractivity contribution is -0.129. The number of benzene rings is 2. The summed E-state index contributed by atoms with van der Waals surface area (Å²) in [6, 6.07) is 14.4. The molecular weight excluding hydrogens is 425 g/mol. The van der Waals surface area contributed by atoms with E-state index in [1.54, 1.807) is 12.2 Å². The van der Waals surface area contributed by atoms with Crippen LogP contribution >= 0.6 is 24.0 Å². The maximum Gasteiger partial charge on any atom is 0.269 e. The predicted molar refractivity (Wildman–Crippen MR) is 117 cm³/mol. The van der Waals surface area contributed by atoms with Crippen molar-refractivity contribution in [3.05, 3.63) is 88.6 Å². The molecule has 0 radical (unpaired) electrons. The fourth-order valence-electron chi connectivity index (χ4n) is 2.44. The van der Waals surface area contributed by atoms with Crippen molar-refractivity contribution in [1.29, 1.82) is 0 Å². The zero-order chi connectivity index (χ0) is 21.5. The highest BCUT2D eigenvalue weighted by Gasteiger charge is 2.33. The molecule has 1 saturated heterocycles. The van der Waals surface area contributed by atoms with Crippen molar-refractivity contribution < 1.29 is 18.8 Å². The molecule has 1 fully saturated rings. The van der Waals surface area contributed by atoms with Gasteiger partial charge in [0, 0.05) is 5.56 Å². The summed E-state index contributed by atoms with van der Waals surface area (Å²) in [4.78, 5) is 38.1. The van der Waals surface area contributed by atoms with Gasteiger partial charge in [0.25, 0.3) is 17.7 Å². The molecule has 0 bridgehead atoms. The highest BCUT2D eigenvalue weighted by Crippen LogP contribution is 2.30.